The van der Waals surface area contributed by atoms with E-state index in [4.69, 9.17) is 5.73 Å². The highest BCUT2D eigenvalue weighted by atomic mass is 35.5. The number of nitrogens with one attached hydrogen (secondary N) is 1. The molecule has 0 saturated heterocycles. The van der Waals surface area contributed by atoms with Gasteiger partial charge in [0.15, 0.2) is 0 Å². The average Bonchev–Trinajstić information content (AvgIpc) is 2.16. The Morgan fingerprint density at radius 1 is 1.29 bits per heavy atom. The summed E-state index contributed by atoms with van der Waals surface area (Å²) in [6, 6.07) is 0.444. The van der Waals surface area contributed by atoms with E-state index in [-0.39, 0.29) is 18.3 Å². The summed E-state index contributed by atoms with van der Waals surface area (Å²) in [5.41, 5.74) is 5.33. The largest absolute Gasteiger partial charge is 0.353 e. The summed E-state index contributed by atoms with van der Waals surface area (Å²) in [5, 5.41) is 3.06. The quantitative estimate of drug-likeness (QED) is 0.756. The summed E-state index contributed by atoms with van der Waals surface area (Å²) in [4.78, 5) is 11.3. The zero-order valence-electron chi connectivity index (χ0n) is 8.63. The van der Waals surface area contributed by atoms with Gasteiger partial charge in [0.2, 0.25) is 5.91 Å². The van der Waals surface area contributed by atoms with Crippen LogP contribution in [0.4, 0.5) is 0 Å². The van der Waals surface area contributed by atoms with Crippen LogP contribution in [-0.2, 0) is 4.79 Å². The van der Waals surface area contributed by atoms with Crippen molar-refractivity contribution < 1.29 is 4.79 Å². The van der Waals surface area contributed by atoms with Gasteiger partial charge < -0.3 is 11.1 Å². The van der Waals surface area contributed by atoms with Crippen LogP contribution in [0.2, 0.25) is 0 Å². The smallest absolute Gasteiger partial charge is 0.220 e. The van der Waals surface area contributed by atoms with Crippen LogP contribution < -0.4 is 11.1 Å². The number of halogens is 1. The third-order valence-electron chi connectivity index (χ3n) is 2.58. The molecule has 0 atom stereocenters. The highest BCUT2D eigenvalue weighted by molar-refractivity contribution is 5.85. The molecule has 0 aromatic rings. The van der Waals surface area contributed by atoms with Crippen LogP contribution in [0.25, 0.3) is 0 Å². The summed E-state index contributed by atoms with van der Waals surface area (Å²) < 4.78 is 0. The fraction of sp³-hybridized carbons (Fsp3) is 0.900. The Hall–Kier alpha value is -0.280. The molecule has 84 valence electrons. The highest BCUT2D eigenvalue weighted by Crippen LogP contribution is 2.17. The Kier molecular flexibility index (Phi) is 7.90. The summed E-state index contributed by atoms with van der Waals surface area (Å²) in [6.45, 7) is 0.609. The monoisotopic (exact) mass is 220 g/mol. The van der Waals surface area contributed by atoms with Crippen LogP contribution in [0.5, 0.6) is 0 Å². The van der Waals surface area contributed by atoms with E-state index in [2.05, 4.69) is 5.32 Å². The predicted octanol–water partition coefficient (Wildman–Crippen LogP) is 1.60. The first-order chi connectivity index (χ1) is 6.33. The molecule has 0 spiro atoms. The van der Waals surface area contributed by atoms with Gasteiger partial charge in [-0.05, 0) is 25.8 Å². The van der Waals surface area contributed by atoms with Crippen LogP contribution >= 0.6 is 12.4 Å². The fourth-order valence-electron chi connectivity index (χ4n) is 1.81. The van der Waals surface area contributed by atoms with Crippen LogP contribution in [-0.4, -0.2) is 18.5 Å². The Balaban J connectivity index is 0.00000169. The molecule has 0 unspecified atom stereocenters. The van der Waals surface area contributed by atoms with Gasteiger partial charge in [0, 0.05) is 12.5 Å². The minimum Gasteiger partial charge on any atom is -0.353 e. The van der Waals surface area contributed by atoms with Gasteiger partial charge in [-0.1, -0.05) is 19.3 Å². The first-order valence-electron chi connectivity index (χ1n) is 5.32. The maximum Gasteiger partial charge on any atom is 0.220 e. The van der Waals surface area contributed by atoms with Gasteiger partial charge in [-0.25, -0.2) is 0 Å². The van der Waals surface area contributed by atoms with E-state index >= 15 is 0 Å². The molecule has 3 N–H and O–H groups in total. The highest BCUT2D eigenvalue weighted by Gasteiger charge is 2.14. The van der Waals surface area contributed by atoms with Crippen molar-refractivity contribution in [2.45, 2.75) is 51.0 Å². The molecule has 3 nitrogen and oxygen atoms in total. The lowest BCUT2D eigenvalue weighted by molar-refractivity contribution is -0.122. The van der Waals surface area contributed by atoms with Gasteiger partial charge in [-0.15, -0.1) is 12.4 Å². The Morgan fingerprint density at radius 3 is 2.50 bits per heavy atom. The molecule has 0 aliphatic heterocycles. The lowest BCUT2D eigenvalue weighted by atomic mass is 9.95. The second-order valence-electron chi connectivity index (χ2n) is 3.79. The second kappa shape index (κ2) is 8.06. The zero-order valence-corrected chi connectivity index (χ0v) is 9.44. The number of amides is 1. The Morgan fingerprint density at radius 2 is 1.93 bits per heavy atom. The molecule has 0 radical (unpaired) electrons. The molecule has 0 heterocycles. The first-order valence-corrected chi connectivity index (χ1v) is 5.32. The van der Waals surface area contributed by atoms with Gasteiger partial charge >= 0.3 is 0 Å². The average molecular weight is 221 g/mol. The lowest BCUT2D eigenvalue weighted by Crippen LogP contribution is -2.36. The van der Waals surface area contributed by atoms with E-state index in [1.54, 1.807) is 0 Å². The van der Waals surface area contributed by atoms with Crippen molar-refractivity contribution in [2.24, 2.45) is 5.73 Å². The maximum atomic E-state index is 11.3. The number of nitrogens with two attached hydrogens (primary N) is 1. The standard InChI is InChI=1S/C10H20N2O.ClH/c11-8-4-7-10(13)12-9-5-2-1-3-6-9;/h9H,1-8,11H2,(H,12,13);1H. The van der Waals surface area contributed by atoms with Gasteiger partial charge in [-0.2, -0.15) is 0 Å². The van der Waals surface area contributed by atoms with Gasteiger partial charge in [0.05, 0.1) is 0 Å². The molecule has 4 heteroatoms. The van der Waals surface area contributed by atoms with Gasteiger partial charge in [0.25, 0.3) is 0 Å². The first kappa shape index (κ1) is 13.7. The lowest BCUT2D eigenvalue weighted by Gasteiger charge is -2.22. The molecule has 1 saturated carbocycles. The summed E-state index contributed by atoms with van der Waals surface area (Å²) in [6.07, 6.45) is 7.58. The van der Waals surface area contributed by atoms with Crippen molar-refractivity contribution in [3.8, 4) is 0 Å². The predicted molar refractivity (Wildman–Crippen MR) is 60.6 cm³/mol. The van der Waals surface area contributed by atoms with Crippen molar-refractivity contribution >= 4 is 18.3 Å². The zero-order chi connectivity index (χ0) is 9.52. The minimum absolute atomic E-state index is 0. The molecule has 0 aromatic heterocycles. The number of carbonyl (C=O) groups is 1. The van der Waals surface area contributed by atoms with E-state index < -0.39 is 0 Å². The number of hydrogen-bond acceptors (Lipinski definition) is 2. The number of hydrogen-bond donors (Lipinski definition) is 2. The van der Waals surface area contributed by atoms with Crippen molar-refractivity contribution in [1.82, 2.24) is 5.32 Å². The molecule has 1 fully saturated rings. The van der Waals surface area contributed by atoms with Crippen LogP contribution in [0, 0.1) is 0 Å². The molecule has 1 rings (SSSR count). The molecular weight excluding hydrogens is 200 g/mol. The Labute approximate surface area is 92.2 Å². The van der Waals surface area contributed by atoms with Crippen molar-refractivity contribution in [1.29, 1.82) is 0 Å². The van der Waals surface area contributed by atoms with E-state index in [1.165, 1.54) is 19.3 Å². The third kappa shape index (κ3) is 5.45. The third-order valence-corrected chi connectivity index (χ3v) is 2.58. The van der Waals surface area contributed by atoms with Crippen LogP contribution in [0.15, 0.2) is 0 Å². The van der Waals surface area contributed by atoms with E-state index in [1.807, 2.05) is 0 Å². The van der Waals surface area contributed by atoms with E-state index in [0.29, 0.717) is 19.0 Å². The molecule has 0 bridgehead atoms. The van der Waals surface area contributed by atoms with Gasteiger partial charge in [-0.3, -0.25) is 4.79 Å². The van der Waals surface area contributed by atoms with Crippen molar-refractivity contribution in [3.05, 3.63) is 0 Å². The SMILES string of the molecule is Cl.NCCCC(=O)NC1CCCCC1. The summed E-state index contributed by atoms with van der Waals surface area (Å²) >= 11 is 0. The molecule has 0 aromatic carbocycles. The molecular formula is C10H21ClN2O. The minimum atomic E-state index is 0. The number of rotatable bonds is 4. The maximum absolute atomic E-state index is 11.3. The molecule has 1 aliphatic carbocycles. The van der Waals surface area contributed by atoms with E-state index in [9.17, 15) is 4.79 Å². The van der Waals surface area contributed by atoms with Crippen molar-refractivity contribution in [3.63, 3.8) is 0 Å². The van der Waals surface area contributed by atoms with Gasteiger partial charge in [0.1, 0.15) is 0 Å². The number of carbonyl (C=O) groups excluding carboxylic acids is 1. The van der Waals surface area contributed by atoms with Crippen molar-refractivity contribution in [2.75, 3.05) is 6.54 Å². The second-order valence-corrected chi connectivity index (χ2v) is 3.79. The topological polar surface area (TPSA) is 55.1 Å². The van der Waals surface area contributed by atoms with Crippen LogP contribution in [0.3, 0.4) is 0 Å². The Bertz CT molecular complexity index is 158. The fourth-order valence-corrected chi connectivity index (χ4v) is 1.81. The molecule has 1 aliphatic rings. The summed E-state index contributed by atoms with van der Waals surface area (Å²) in [5.74, 6) is 0.178. The molecule has 14 heavy (non-hydrogen) atoms. The van der Waals surface area contributed by atoms with E-state index in [0.717, 1.165) is 19.3 Å². The van der Waals surface area contributed by atoms with Crippen LogP contribution in [0.1, 0.15) is 44.9 Å². The molecule has 1 amide bonds. The normalized spacial score (nSPS) is 17.2. The summed E-state index contributed by atoms with van der Waals surface area (Å²) in [7, 11) is 0.